The molecular formula is C18H25BN2O5. The van der Waals surface area contributed by atoms with E-state index in [4.69, 9.17) is 14.4 Å². The van der Waals surface area contributed by atoms with Gasteiger partial charge in [-0.15, -0.1) is 0 Å². The highest BCUT2D eigenvalue weighted by Crippen LogP contribution is 2.38. The van der Waals surface area contributed by atoms with Crippen LogP contribution in [0, 0.1) is 0 Å². The second kappa shape index (κ2) is 7.59. The third-order valence-electron chi connectivity index (χ3n) is 4.63. The van der Waals surface area contributed by atoms with Crippen LogP contribution >= 0.6 is 0 Å². The average molecular weight is 360 g/mol. The lowest BCUT2D eigenvalue weighted by atomic mass is 9.77. The summed E-state index contributed by atoms with van der Waals surface area (Å²) in [6.45, 7) is 9.58. The molecule has 0 spiro atoms. The van der Waals surface area contributed by atoms with Crippen LogP contribution in [-0.4, -0.2) is 46.8 Å². The zero-order valence-electron chi connectivity index (χ0n) is 15.8. The molecule has 1 amide bonds. The maximum atomic E-state index is 11.3. The van der Waals surface area contributed by atoms with Crippen molar-refractivity contribution in [2.24, 2.45) is 0 Å². The number of carboxylic acid groups (broad SMARTS) is 1. The lowest BCUT2D eigenvalue weighted by Crippen LogP contribution is -2.41. The zero-order valence-corrected chi connectivity index (χ0v) is 15.8. The number of carbonyl (C=O) groups is 2. The summed E-state index contributed by atoms with van der Waals surface area (Å²) >= 11 is 0. The van der Waals surface area contributed by atoms with Crippen LogP contribution in [0.4, 0.5) is 0 Å². The van der Waals surface area contributed by atoms with Gasteiger partial charge in [0.05, 0.1) is 23.3 Å². The summed E-state index contributed by atoms with van der Waals surface area (Å²) < 4.78 is 12.1. The van der Waals surface area contributed by atoms with E-state index in [2.05, 4.69) is 10.3 Å². The third-order valence-corrected chi connectivity index (χ3v) is 4.63. The number of carbonyl (C=O) groups excluding carboxylic acids is 1. The number of pyridine rings is 1. The normalized spacial score (nSPS) is 18.7. The molecule has 7 nitrogen and oxygen atoms in total. The number of aromatic nitrogens is 1. The van der Waals surface area contributed by atoms with Crippen LogP contribution in [-0.2, 0) is 25.3 Å². The summed E-state index contributed by atoms with van der Waals surface area (Å²) in [5, 5.41) is 11.6. The fourth-order valence-electron chi connectivity index (χ4n) is 2.42. The lowest BCUT2D eigenvalue weighted by Gasteiger charge is -2.32. The molecule has 26 heavy (non-hydrogen) atoms. The van der Waals surface area contributed by atoms with Gasteiger partial charge in [0.15, 0.2) is 0 Å². The Labute approximate surface area is 153 Å². The third kappa shape index (κ3) is 4.92. The van der Waals surface area contributed by atoms with Crippen molar-refractivity contribution in [2.75, 3.05) is 6.54 Å². The van der Waals surface area contributed by atoms with E-state index in [1.165, 1.54) is 6.92 Å². The van der Waals surface area contributed by atoms with E-state index >= 15 is 0 Å². The van der Waals surface area contributed by atoms with Crippen molar-refractivity contribution >= 4 is 25.1 Å². The van der Waals surface area contributed by atoms with Gasteiger partial charge in [-0.2, -0.15) is 0 Å². The molecule has 1 aliphatic rings. The largest absolute Gasteiger partial charge is 0.492 e. The minimum Gasteiger partial charge on any atom is -0.481 e. The fourth-order valence-corrected chi connectivity index (χ4v) is 2.42. The Morgan fingerprint density at radius 3 is 2.31 bits per heavy atom. The molecule has 2 rings (SSSR count). The van der Waals surface area contributed by atoms with Crippen LogP contribution in [0.5, 0.6) is 0 Å². The quantitative estimate of drug-likeness (QED) is 0.752. The molecule has 1 aromatic rings. The number of aliphatic carboxylic acids is 1. The van der Waals surface area contributed by atoms with Crippen molar-refractivity contribution in [3.63, 3.8) is 0 Å². The molecule has 0 aliphatic carbocycles. The van der Waals surface area contributed by atoms with Crippen LogP contribution in [0.1, 0.15) is 45.9 Å². The molecule has 0 bridgehead atoms. The fraction of sp³-hybridized carbons (Fsp3) is 0.500. The Kier molecular flexibility index (Phi) is 5.88. The molecule has 140 valence electrons. The first-order valence-electron chi connectivity index (χ1n) is 8.47. The molecule has 0 unspecified atom stereocenters. The molecule has 1 saturated heterocycles. The first kappa shape index (κ1) is 20.1. The van der Waals surface area contributed by atoms with E-state index < -0.39 is 24.3 Å². The lowest BCUT2D eigenvalue weighted by molar-refractivity contribution is -0.136. The molecule has 0 radical (unpaired) electrons. The van der Waals surface area contributed by atoms with Gasteiger partial charge in [-0.1, -0.05) is 12.1 Å². The van der Waals surface area contributed by atoms with Gasteiger partial charge in [-0.05, 0) is 44.8 Å². The zero-order chi connectivity index (χ0) is 19.5. The van der Waals surface area contributed by atoms with Crippen molar-refractivity contribution in [1.82, 2.24) is 10.3 Å². The first-order valence-corrected chi connectivity index (χ1v) is 8.47. The smallest absolute Gasteiger partial charge is 0.481 e. The summed E-state index contributed by atoms with van der Waals surface area (Å²) in [5.74, 6) is -1.08. The molecule has 1 aliphatic heterocycles. The summed E-state index contributed by atoms with van der Waals surface area (Å²) in [7, 11) is -0.592. The Bertz CT molecular complexity index is 697. The Morgan fingerprint density at radius 1 is 1.23 bits per heavy atom. The maximum Gasteiger partial charge on any atom is 0.492 e. The number of amides is 1. The number of carboxylic acids is 1. The number of nitrogens with zero attached hydrogens (tertiary/aromatic N) is 1. The standard InChI is InChI=1S/C18H25BN2O5/c1-12(22)20-11-14(19-25-17(2,3)18(4,5)26-19)8-13-6-7-15(21-10-13)9-16(23)24/h6-8,10H,9,11H2,1-5H3,(H,20,22)(H,23,24). The monoisotopic (exact) mass is 360 g/mol. The molecule has 1 fully saturated rings. The van der Waals surface area contributed by atoms with Crippen LogP contribution in [0.15, 0.2) is 23.8 Å². The van der Waals surface area contributed by atoms with Crippen molar-refractivity contribution < 1.29 is 24.0 Å². The SMILES string of the molecule is CC(=O)NCC(=Cc1ccc(CC(=O)O)nc1)B1OC(C)(C)C(C)(C)O1. The van der Waals surface area contributed by atoms with E-state index in [1.54, 1.807) is 18.3 Å². The van der Waals surface area contributed by atoms with Gasteiger partial charge in [0.1, 0.15) is 0 Å². The highest BCUT2D eigenvalue weighted by atomic mass is 16.7. The highest BCUT2D eigenvalue weighted by molar-refractivity contribution is 6.56. The number of nitrogens with one attached hydrogen (secondary N) is 1. The topological polar surface area (TPSA) is 97.8 Å². The van der Waals surface area contributed by atoms with E-state index in [9.17, 15) is 9.59 Å². The van der Waals surface area contributed by atoms with Crippen molar-refractivity contribution in [3.8, 4) is 0 Å². The highest BCUT2D eigenvalue weighted by Gasteiger charge is 2.52. The van der Waals surface area contributed by atoms with Crippen molar-refractivity contribution in [3.05, 3.63) is 35.1 Å². The summed E-state index contributed by atoms with van der Waals surface area (Å²) in [4.78, 5) is 26.2. The molecule has 1 aromatic heterocycles. The number of hydrogen-bond acceptors (Lipinski definition) is 5. The van der Waals surface area contributed by atoms with Crippen molar-refractivity contribution in [2.45, 2.75) is 52.2 Å². The minimum absolute atomic E-state index is 0.125. The van der Waals surface area contributed by atoms with Gasteiger partial charge >= 0.3 is 13.1 Å². The molecular weight excluding hydrogens is 335 g/mol. The minimum atomic E-state index is -0.927. The molecule has 8 heteroatoms. The van der Waals surface area contributed by atoms with Gasteiger partial charge < -0.3 is 19.7 Å². The average Bonchev–Trinajstić information content (AvgIpc) is 2.72. The van der Waals surface area contributed by atoms with Crippen molar-refractivity contribution in [1.29, 1.82) is 0 Å². The Hall–Kier alpha value is -2.19. The van der Waals surface area contributed by atoms with Crippen LogP contribution in [0.2, 0.25) is 0 Å². The molecule has 2 N–H and O–H groups in total. The number of hydrogen-bond donors (Lipinski definition) is 2. The molecule has 2 heterocycles. The summed E-state index contributed by atoms with van der Waals surface area (Å²) in [6, 6.07) is 3.45. The van der Waals surface area contributed by atoms with E-state index in [0.717, 1.165) is 11.0 Å². The van der Waals surface area contributed by atoms with Crippen LogP contribution in [0.25, 0.3) is 6.08 Å². The van der Waals surface area contributed by atoms with Gasteiger partial charge in [0.2, 0.25) is 5.91 Å². The van der Waals surface area contributed by atoms with Crippen LogP contribution < -0.4 is 5.32 Å². The Balaban J connectivity index is 2.25. The van der Waals surface area contributed by atoms with Gasteiger partial charge in [-0.3, -0.25) is 14.6 Å². The summed E-state index contributed by atoms with van der Waals surface area (Å²) in [6.07, 6.45) is 3.31. The Morgan fingerprint density at radius 2 is 1.85 bits per heavy atom. The molecule has 0 saturated carbocycles. The van der Waals surface area contributed by atoms with E-state index in [1.807, 2.05) is 33.8 Å². The predicted octanol–water partition coefficient (Wildman–Crippen LogP) is 1.86. The van der Waals surface area contributed by atoms with E-state index in [-0.39, 0.29) is 18.9 Å². The van der Waals surface area contributed by atoms with E-state index in [0.29, 0.717) is 5.69 Å². The van der Waals surface area contributed by atoms with Gasteiger partial charge in [0.25, 0.3) is 0 Å². The second-order valence-electron chi connectivity index (χ2n) is 7.37. The maximum absolute atomic E-state index is 11.3. The predicted molar refractivity (Wildman–Crippen MR) is 98.3 cm³/mol. The van der Waals surface area contributed by atoms with Gasteiger partial charge in [0, 0.05) is 19.7 Å². The molecule has 0 aromatic carbocycles. The van der Waals surface area contributed by atoms with Crippen LogP contribution in [0.3, 0.4) is 0 Å². The first-order chi connectivity index (χ1) is 12.0. The second-order valence-corrected chi connectivity index (χ2v) is 7.37. The molecule has 0 atom stereocenters. The number of rotatable bonds is 6. The summed E-state index contributed by atoms with van der Waals surface area (Å²) in [5.41, 5.74) is 1.03. The van der Waals surface area contributed by atoms with Gasteiger partial charge in [-0.25, -0.2) is 0 Å².